The van der Waals surface area contributed by atoms with Gasteiger partial charge in [0.2, 0.25) is 0 Å². The van der Waals surface area contributed by atoms with E-state index >= 15 is 0 Å². The van der Waals surface area contributed by atoms with E-state index in [1.165, 1.54) is 51.5 Å². The Kier molecular flexibility index (Phi) is 10.9. The molecule has 0 spiro atoms. The Morgan fingerprint density at radius 3 is 1.71 bits per heavy atom. The molecular formula is C28H39N2O+. The van der Waals surface area contributed by atoms with E-state index in [-0.39, 0.29) is 0 Å². The summed E-state index contributed by atoms with van der Waals surface area (Å²) in [6.07, 6.45) is 14.7. The molecule has 0 N–H and O–H groups in total. The molecule has 0 bridgehead atoms. The van der Waals surface area contributed by atoms with Gasteiger partial charge in [0.15, 0.2) is 0 Å². The van der Waals surface area contributed by atoms with E-state index in [1.54, 1.807) is 0 Å². The summed E-state index contributed by atoms with van der Waals surface area (Å²) in [7, 11) is 6.81. The Morgan fingerprint density at radius 1 is 0.710 bits per heavy atom. The van der Waals surface area contributed by atoms with Crippen molar-refractivity contribution in [3.63, 3.8) is 0 Å². The fourth-order valence-corrected chi connectivity index (χ4v) is 3.48. The lowest BCUT2D eigenvalue weighted by Crippen LogP contribution is -2.35. The first kappa shape index (κ1) is 24.7. The van der Waals surface area contributed by atoms with Gasteiger partial charge in [0.1, 0.15) is 5.75 Å². The van der Waals surface area contributed by atoms with Gasteiger partial charge in [0, 0.05) is 0 Å². The van der Waals surface area contributed by atoms with Gasteiger partial charge in [-0.25, -0.2) is 0 Å². The van der Waals surface area contributed by atoms with Crippen molar-refractivity contribution in [2.45, 2.75) is 51.4 Å². The van der Waals surface area contributed by atoms with Crippen molar-refractivity contribution in [1.82, 2.24) is 0 Å². The molecule has 0 saturated carbocycles. The molecule has 0 aliphatic heterocycles. The van der Waals surface area contributed by atoms with E-state index in [1.807, 2.05) is 36.4 Å². The summed E-state index contributed by atoms with van der Waals surface area (Å²) >= 11 is 0. The zero-order valence-corrected chi connectivity index (χ0v) is 19.6. The highest BCUT2D eigenvalue weighted by molar-refractivity contribution is 5.70. The molecule has 0 saturated heterocycles. The van der Waals surface area contributed by atoms with E-state index in [0.29, 0.717) is 5.56 Å². The third-order valence-corrected chi connectivity index (χ3v) is 5.38. The van der Waals surface area contributed by atoms with Crippen LogP contribution in [0.25, 0.3) is 12.2 Å². The quantitative estimate of drug-likeness (QED) is 0.189. The maximum atomic E-state index is 8.85. The maximum Gasteiger partial charge on any atom is 0.119 e. The molecular weight excluding hydrogens is 380 g/mol. The van der Waals surface area contributed by atoms with Crippen molar-refractivity contribution >= 4 is 12.2 Å². The SMILES string of the molecule is C[N+](C)(C)CCCCCCCCCCOc1ccc(/C=C/c2ccc(C#N)cc2)cc1. The molecule has 0 aromatic heterocycles. The Bertz CT molecular complexity index is 808. The van der Waals surface area contributed by atoms with E-state index in [9.17, 15) is 0 Å². The second-order valence-corrected chi connectivity index (χ2v) is 9.33. The minimum atomic E-state index is 0.685. The van der Waals surface area contributed by atoms with Crippen LogP contribution in [-0.4, -0.2) is 38.8 Å². The van der Waals surface area contributed by atoms with Gasteiger partial charge >= 0.3 is 0 Å². The lowest BCUT2D eigenvalue weighted by atomic mass is 10.1. The number of nitrogens with zero attached hydrogens (tertiary/aromatic N) is 2. The normalized spacial score (nSPS) is 11.5. The van der Waals surface area contributed by atoms with Gasteiger partial charge in [-0.05, 0) is 54.7 Å². The average molecular weight is 420 g/mol. The molecule has 0 radical (unpaired) electrons. The van der Waals surface area contributed by atoms with Crippen LogP contribution in [0.5, 0.6) is 5.75 Å². The standard InChI is InChI=1S/C28H39N2O/c1-30(2,3)22-10-8-6-4-5-7-9-11-23-31-28-20-18-26(19-21-28)13-12-25-14-16-27(24-29)17-15-25/h12-21H,4-11,22-23H2,1-3H3/q+1/b13-12+. The highest BCUT2D eigenvalue weighted by Crippen LogP contribution is 2.16. The number of ether oxygens (including phenoxy) is 1. The fourth-order valence-electron chi connectivity index (χ4n) is 3.48. The summed E-state index contributed by atoms with van der Waals surface area (Å²) in [5.41, 5.74) is 2.91. The topological polar surface area (TPSA) is 33.0 Å². The molecule has 2 aromatic rings. The van der Waals surface area contributed by atoms with E-state index in [2.05, 4.69) is 51.5 Å². The summed E-state index contributed by atoms with van der Waals surface area (Å²) in [5, 5.41) is 8.85. The molecule has 0 aliphatic carbocycles. The van der Waals surface area contributed by atoms with Crippen molar-refractivity contribution in [1.29, 1.82) is 5.26 Å². The van der Waals surface area contributed by atoms with Crippen LogP contribution in [0.3, 0.4) is 0 Å². The molecule has 166 valence electrons. The third kappa shape index (κ3) is 11.4. The first-order valence-corrected chi connectivity index (χ1v) is 11.7. The molecule has 0 unspecified atom stereocenters. The minimum Gasteiger partial charge on any atom is -0.494 e. The first-order chi connectivity index (χ1) is 15.0. The van der Waals surface area contributed by atoms with E-state index < -0.39 is 0 Å². The van der Waals surface area contributed by atoms with Crippen molar-refractivity contribution in [3.8, 4) is 11.8 Å². The highest BCUT2D eigenvalue weighted by atomic mass is 16.5. The molecule has 2 aromatic carbocycles. The van der Waals surface area contributed by atoms with Gasteiger partial charge in [-0.15, -0.1) is 0 Å². The number of hydrogen-bond acceptors (Lipinski definition) is 2. The molecule has 0 amide bonds. The van der Waals surface area contributed by atoms with Crippen molar-refractivity contribution in [3.05, 3.63) is 65.2 Å². The van der Waals surface area contributed by atoms with Crippen LogP contribution < -0.4 is 4.74 Å². The Balaban J connectivity index is 1.53. The summed E-state index contributed by atoms with van der Waals surface area (Å²) < 4.78 is 6.97. The Morgan fingerprint density at radius 2 is 1.19 bits per heavy atom. The molecule has 0 fully saturated rings. The second kappa shape index (κ2) is 13.7. The van der Waals surface area contributed by atoms with Gasteiger partial charge in [-0.1, -0.05) is 68.5 Å². The van der Waals surface area contributed by atoms with Crippen LogP contribution in [0.4, 0.5) is 0 Å². The van der Waals surface area contributed by atoms with Gasteiger partial charge in [-0.3, -0.25) is 0 Å². The van der Waals surface area contributed by atoms with Crippen LogP contribution in [0.1, 0.15) is 68.1 Å². The highest BCUT2D eigenvalue weighted by Gasteiger charge is 2.05. The lowest BCUT2D eigenvalue weighted by molar-refractivity contribution is -0.870. The van der Waals surface area contributed by atoms with Crippen LogP contribution in [-0.2, 0) is 0 Å². The van der Waals surface area contributed by atoms with Crippen molar-refractivity contribution in [2.75, 3.05) is 34.3 Å². The maximum absolute atomic E-state index is 8.85. The Hall–Kier alpha value is -2.57. The summed E-state index contributed by atoms with van der Waals surface area (Å²) in [6, 6.07) is 18.0. The van der Waals surface area contributed by atoms with Crippen LogP contribution >= 0.6 is 0 Å². The zero-order valence-electron chi connectivity index (χ0n) is 19.6. The van der Waals surface area contributed by atoms with Crippen LogP contribution in [0, 0.1) is 11.3 Å². The minimum absolute atomic E-state index is 0.685. The number of hydrogen-bond donors (Lipinski definition) is 0. The lowest BCUT2D eigenvalue weighted by Gasteiger charge is -2.23. The van der Waals surface area contributed by atoms with E-state index in [4.69, 9.17) is 10.00 Å². The summed E-state index contributed by atoms with van der Waals surface area (Å²) in [5.74, 6) is 0.938. The Labute approximate surface area is 189 Å². The van der Waals surface area contributed by atoms with Gasteiger partial charge < -0.3 is 9.22 Å². The number of benzene rings is 2. The number of unbranched alkanes of at least 4 members (excludes halogenated alkanes) is 7. The molecule has 0 atom stereocenters. The smallest absolute Gasteiger partial charge is 0.119 e. The molecule has 0 heterocycles. The molecule has 3 heteroatoms. The van der Waals surface area contributed by atoms with Gasteiger partial charge in [0.25, 0.3) is 0 Å². The number of rotatable bonds is 14. The molecule has 31 heavy (non-hydrogen) atoms. The largest absolute Gasteiger partial charge is 0.494 e. The zero-order chi connectivity index (χ0) is 22.4. The number of nitriles is 1. The van der Waals surface area contributed by atoms with Crippen LogP contribution in [0.2, 0.25) is 0 Å². The van der Waals surface area contributed by atoms with Crippen LogP contribution in [0.15, 0.2) is 48.5 Å². The first-order valence-electron chi connectivity index (χ1n) is 11.7. The average Bonchev–Trinajstić information content (AvgIpc) is 2.76. The predicted octanol–water partition coefficient (Wildman–Crippen LogP) is 6.93. The third-order valence-electron chi connectivity index (χ3n) is 5.38. The van der Waals surface area contributed by atoms with E-state index in [0.717, 1.165) is 34.4 Å². The fraction of sp³-hybridized carbons (Fsp3) is 0.464. The molecule has 2 rings (SSSR count). The number of quaternary nitrogens is 1. The van der Waals surface area contributed by atoms with Crippen molar-refractivity contribution in [2.24, 2.45) is 0 Å². The molecule has 3 nitrogen and oxygen atoms in total. The predicted molar refractivity (Wildman–Crippen MR) is 132 cm³/mol. The van der Waals surface area contributed by atoms with Gasteiger partial charge in [-0.2, -0.15) is 5.26 Å². The second-order valence-electron chi connectivity index (χ2n) is 9.33. The monoisotopic (exact) mass is 419 g/mol. The summed E-state index contributed by atoms with van der Waals surface area (Å²) in [6.45, 7) is 2.08. The summed E-state index contributed by atoms with van der Waals surface area (Å²) in [4.78, 5) is 0. The van der Waals surface area contributed by atoms with Gasteiger partial charge in [0.05, 0.1) is 45.9 Å². The molecule has 0 aliphatic rings. The van der Waals surface area contributed by atoms with Crippen molar-refractivity contribution < 1.29 is 9.22 Å².